The smallest absolute Gasteiger partial charge is 0.261 e. The van der Waals surface area contributed by atoms with Crippen molar-refractivity contribution in [3.05, 3.63) is 59.7 Å². The van der Waals surface area contributed by atoms with Gasteiger partial charge in [0.05, 0.1) is 11.5 Å². The summed E-state index contributed by atoms with van der Waals surface area (Å²) in [5.74, 6) is -0.443. The minimum absolute atomic E-state index is 0.0724. The summed E-state index contributed by atoms with van der Waals surface area (Å²) in [5, 5.41) is 2.79. The van der Waals surface area contributed by atoms with Crippen LogP contribution >= 0.6 is 0 Å². The number of hydrogen-bond donors (Lipinski definition) is 2. The zero-order valence-corrected chi connectivity index (χ0v) is 20.9. The van der Waals surface area contributed by atoms with E-state index in [0.717, 1.165) is 12.0 Å². The third-order valence-electron chi connectivity index (χ3n) is 5.84. The Hall–Kier alpha value is -2.91. The first-order valence-corrected chi connectivity index (χ1v) is 12.8. The predicted molar refractivity (Wildman–Crippen MR) is 131 cm³/mol. The number of ether oxygens (including phenoxy) is 1. The van der Waals surface area contributed by atoms with E-state index >= 15 is 0 Å². The first kappa shape index (κ1) is 25.7. The van der Waals surface area contributed by atoms with Crippen LogP contribution in [-0.2, 0) is 25.0 Å². The van der Waals surface area contributed by atoms with Crippen LogP contribution in [0.1, 0.15) is 49.5 Å². The molecule has 8 nitrogen and oxygen atoms in total. The molecule has 1 fully saturated rings. The molecule has 1 saturated heterocycles. The molecule has 1 heterocycles. The van der Waals surface area contributed by atoms with Gasteiger partial charge in [-0.15, -0.1) is 0 Å². The van der Waals surface area contributed by atoms with E-state index in [1.165, 1.54) is 0 Å². The van der Waals surface area contributed by atoms with Crippen molar-refractivity contribution in [2.45, 2.75) is 50.0 Å². The highest BCUT2D eigenvalue weighted by Crippen LogP contribution is 2.25. The summed E-state index contributed by atoms with van der Waals surface area (Å²) in [7, 11) is -2.20. The van der Waals surface area contributed by atoms with E-state index in [1.807, 2.05) is 12.1 Å². The molecule has 0 saturated carbocycles. The van der Waals surface area contributed by atoms with Gasteiger partial charge >= 0.3 is 0 Å². The second-order valence-corrected chi connectivity index (χ2v) is 11.1. The Kier molecular flexibility index (Phi) is 7.99. The molecule has 2 N–H and O–H groups in total. The number of hydrogen-bond acceptors (Lipinski definition) is 5. The van der Waals surface area contributed by atoms with Crippen LogP contribution in [0.3, 0.4) is 0 Å². The van der Waals surface area contributed by atoms with Gasteiger partial charge in [-0.3, -0.25) is 14.3 Å². The molecule has 0 bridgehead atoms. The highest BCUT2D eigenvalue weighted by molar-refractivity contribution is 7.92. The van der Waals surface area contributed by atoms with E-state index in [0.29, 0.717) is 37.4 Å². The van der Waals surface area contributed by atoms with Crippen LogP contribution in [-0.4, -0.2) is 58.0 Å². The predicted octanol–water partition coefficient (Wildman–Crippen LogP) is 3.15. The number of amides is 2. The minimum Gasteiger partial charge on any atom is -0.383 e. The van der Waals surface area contributed by atoms with Crippen molar-refractivity contribution in [3.63, 3.8) is 0 Å². The second-order valence-electron chi connectivity index (χ2n) is 9.40. The molecule has 2 amide bonds. The summed E-state index contributed by atoms with van der Waals surface area (Å²) in [4.78, 5) is 27.2. The van der Waals surface area contributed by atoms with Gasteiger partial charge in [-0.05, 0) is 60.2 Å². The lowest BCUT2D eigenvalue weighted by Crippen LogP contribution is -2.46. The Morgan fingerprint density at radius 2 is 1.71 bits per heavy atom. The Morgan fingerprint density at radius 1 is 1.06 bits per heavy atom. The molecular weight excluding hydrogens is 454 g/mol. The second kappa shape index (κ2) is 10.6. The lowest BCUT2D eigenvalue weighted by molar-refractivity contribution is -0.125. The Bertz CT molecular complexity index is 1110. The number of sulfonamides is 1. The lowest BCUT2D eigenvalue weighted by atomic mass is 9.87. The Balaban J connectivity index is 1.67. The van der Waals surface area contributed by atoms with Gasteiger partial charge in [-0.2, -0.15) is 0 Å². The average molecular weight is 488 g/mol. The zero-order valence-electron chi connectivity index (χ0n) is 20.1. The number of nitrogens with zero attached hydrogens (tertiary/aromatic N) is 1. The maximum atomic E-state index is 13.0. The first-order valence-electron chi connectivity index (χ1n) is 11.3. The molecule has 9 heteroatoms. The van der Waals surface area contributed by atoms with Crippen LogP contribution in [0.25, 0.3) is 0 Å². The van der Waals surface area contributed by atoms with Gasteiger partial charge in [0.15, 0.2) is 0 Å². The molecular formula is C25H33N3O5S. The number of anilines is 1. The largest absolute Gasteiger partial charge is 0.383 e. The van der Waals surface area contributed by atoms with Crippen LogP contribution in [0.4, 0.5) is 5.69 Å². The molecule has 2 aromatic rings. The highest BCUT2D eigenvalue weighted by atomic mass is 32.2. The van der Waals surface area contributed by atoms with E-state index in [9.17, 15) is 18.0 Å². The fourth-order valence-electron chi connectivity index (χ4n) is 3.87. The van der Waals surface area contributed by atoms with Gasteiger partial charge < -0.3 is 15.0 Å². The minimum atomic E-state index is -3.76. The van der Waals surface area contributed by atoms with Crippen LogP contribution in [0.15, 0.2) is 53.4 Å². The van der Waals surface area contributed by atoms with Crippen molar-refractivity contribution < 1.29 is 22.7 Å². The van der Waals surface area contributed by atoms with Gasteiger partial charge in [0.25, 0.3) is 15.9 Å². The molecule has 34 heavy (non-hydrogen) atoms. The van der Waals surface area contributed by atoms with Crippen molar-refractivity contribution in [1.82, 2.24) is 10.2 Å². The van der Waals surface area contributed by atoms with E-state index < -0.39 is 16.1 Å². The quantitative estimate of drug-likeness (QED) is 0.557. The number of likely N-dealkylation sites (tertiary alicyclic amines) is 1. The third kappa shape index (κ3) is 6.15. The van der Waals surface area contributed by atoms with Gasteiger partial charge in [-0.1, -0.05) is 32.9 Å². The third-order valence-corrected chi connectivity index (χ3v) is 7.23. The summed E-state index contributed by atoms with van der Waals surface area (Å²) in [6.07, 6.45) is 1.36. The number of carbonyl (C=O) groups excluding carboxylic acids is 2. The van der Waals surface area contributed by atoms with E-state index in [-0.39, 0.29) is 22.1 Å². The lowest BCUT2D eigenvalue weighted by Gasteiger charge is -2.24. The van der Waals surface area contributed by atoms with Crippen molar-refractivity contribution in [1.29, 1.82) is 0 Å². The number of nitrogens with one attached hydrogen (secondary N) is 2. The van der Waals surface area contributed by atoms with Crippen LogP contribution in [0, 0.1) is 0 Å². The summed E-state index contributed by atoms with van der Waals surface area (Å²) in [6, 6.07) is 12.5. The molecule has 3 rings (SSSR count). The summed E-state index contributed by atoms with van der Waals surface area (Å²) >= 11 is 0. The van der Waals surface area contributed by atoms with Crippen LogP contribution in [0.5, 0.6) is 0 Å². The maximum absolute atomic E-state index is 13.0. The van der Waals surface area contributed by atoms with Crippen molar-refractivity contribution in [2.75, 3.05) is 31.5 Å². The molecule has 2 aromatic carbocycles. The van der Waals surface area contributed by atoms with E-state index in [2.05, 4.69) is 30.8 Å². The Morgan fingerprint density at radius 3 is 2.29 bits per heavy atom. The molecule has 1 atom stereocenters. The molecule has 0 unspecified atom stereocenters. The summed E-state index contributed by atoms with van der Waals surface area (Å²) < 4.78 is 33.1. The maximum Gasteiger partial charge on any atom is 0.261 e. The first-order chi connectivity index (χ1) is 16.0. The average Bonchev–Trinajstić information content (AvgIpc) is 3.28. The van der Waals surface area contributed by atoms with Crippen LogP contribution in [0.2, 0.25) is 0 Å². The van der Waals surface area contributed by atoms with E-state index in [4.69, 9.17) is 4.74 Å². The van der Waals surface area contributed by atoms with Gasteiger partial charge in [0.2, 0.25) is 5.91 Å². The topological polar surface area (TPSA) is 105 Å². The fourth-order valence-corrected chi connectivity index (χ4v) is 4.93. The Labute approximate surface area is 201 Å². The normalized spacial score (nSPS) is 16.4. The van der Waals surface area contributed by atoms with Gasteiger partial charge in [-0.25, -0.2) is 8.42 Å². The fraction of sp³-hybridized carbons (Fsp3) is 0.440. The summed E-state index contributed by atoms with van der Waals surface area (Å²) in [5.41, 5.74) is 1.72. The summed E-state index contributed by atoms with van der Waals surface area (Å²) in [6.45, 7) is 7.49. The molecule has 0 aliphatic carbocycles. The number of benzene rings is 2. The highest BCUT2D eigenvalue weighted by Gasteiger charge is 2.34. The van der Waals surface area contributed by atoms with Crippen molar-refractivity contribution >= 4 is 27.5 Å². The molecule has 1 aliphatic rings. The monoisotopic (exact) mass is 487 g/mol. The van der Waals surface area contributed by atoms with E-state index in [1.54, 1.807) is 48.4 Å². The number of carbonyl (C=O) groups is 2. The van der Waals surface area contributed by atoms with Gasteiger partial charge in [0, 0.05) is 31.5 Å². The van der Waals surface area contributed by atoms with Crippen molar-refractivity contribution in [3.8, 4) is 0 Å². The number of rotatable bonds is 8. The molecule has 0 radical (unpaired) electrons. The standard InChI is InChI=1S/C25H33N3O5S/c1-25(2,3)19-9-13-21(14-10-19)34(31,32)27-20-11-7-18(8-12-20)24(30)28-16-5-6-22(28)23(29)26-15-17-33-4/h7-14,22,27H,5-6,15-17H2,1-4H3,(H,26,29)/t22-/m0/s1. The van der Waals surface area contributed by atoms with Crippen molar-refractivity contribution in [2.24, 2.45) is 0 Å². The zero-order chi connectivity index (χ0) is 24.9. The SMILES string of the molecule is COCCNC(=O)[C@@H]1CCCN1C(=O)c1ccc(NS(=O)(=O)c2ccc(C(C)(C)C)cc2)cc1. The molecule has 0 aromatic heterocycles. The molecule has 0 spiro atoms. The van der Waals surface area contributed by atoms with Gasteiger partial charge in [0.1, 0.15) is 6.04 Å². The molecule has 184 valence electrons. The van der Waals surface area contributed by atoms with Crippen LogP contribution < -0.4 is 10.0 Å². The number of methoxy groups -OCH3 is 1. The molecule has 1 aliphatic heterocycles.